The molecule has 0 aliphatic heterocycles. The van der Waals surface area contributed by atoms with E-state index in [-0.39, 0.29) is 12.4 Å². The Kier molecular flexibility index (Phi) is 4.98. The van der Waals surface area contributed by atoms with E-state index >= 15 is 0 Å². The van der Waals surface area contributed by atoms with Crippen molar-refractivity contribution in [3.8, 4) is 11.3 Å². The number of halogens is 1. The second kappa shape index (κ2) is 7.33. The van der Waals surface area contributed by atoms with Gasteiger partial charge in [0.15, 0.2) is 0 Å². The first-order chi connectivity index (χ1) is 11.7. The fourth-order valence-corrected chi connectivity index (χ4v) is 2.62. The molecule has 0 fully saturated rings. The monoisotopic (exact) mass is 326 g/mol. The van der Waals surface area contributed by atoms with Crippen LogP contribution in [0.4, 0.5) is 4.39 Å². The number of hydrogen-bond donors (Lipinski definition) is 2. The fraction of sp³-hybridized carbons (Fsp3) is 0.222. The van der Waals surface area contributed by atoms with Gasteiger partial charge < -0.3 is 10.4 Å². The number of aliphatic hydroxyl groups excluding tert-OH is 1. The van der Waals surface area contributed by atoms with E-state index < -0.39 is 0 Å². The van der Waals surface area contributed by atoms with E-state index in [9.17, 15) is 4.39 Å². The molecule has 0 spiro atoms. The Morgan fingerprint density at radius 3 is 2.67 bits per heavy atom. The third kappa shape index (κ3) is 3.67. The fourth-order valence-electron chi connectivity index (χ4n) is 2.62. The second-order valence-electron chi connectivity index (χ2n) is 5.60. The second-order valence-corrected chi connectivity index (χ2v) is 5.60. The minimum atomic E-state index is -0.381. The third-order valence-corrected chi connectivity index (χ3v) is 3.78. The normalized spacial score (nSPS) is 11.0. The van der Waals surface area contributed by atoms with Crippen molar-refractivity contribution in [3.05, 3.63) is 71.4 Å². The van der Waals surface area contributed by atoms with E-state index in [1.807, 2.05) is 25.4 Å². The van der Waals surface area contributed by atoms with Crippen molar-refractivity contribution >= 4 is 0 Å². The number of hydrogen-bond acceptors (Lipinski definition) is 4. The Morgan fingerprint density at radius 2 is 1.92 bits per heavy atom. The molecule has 3 rings (SSSR count). The predicted octanol–water partition coefficient (Wildman–Crippen LogP) is 2.40. The van der Waals surface area contributed by atoms with Crippen LogP contribution in [-0.2, 0) is 26.7 Å². The summed E-state index contributed by atoms with van der Waals surface area (Å²) in [4.78, 5) is 4.03. The maximum Gasteiger partial charge on any atom is 0.128 e. The molecule has 0 aliphatic rings. The molecule has 2 aromatic heterocycles. The molecule has 1 aromatic carbocycles. The van der Waals surface area contributed by atoms with Gasteiger partial charge >= 0.3 is 0 Å². The van der Waals surface area contributed by atoms with Gasteiger partial charge in [-0.25, -0.2) is 4.39 Å². The highest BCUT2D eigenvalue weighted by Gasteiger charge is 2.10. The molecule has 0 radical (unpaired) electrons. The number of pyridine rings is 1. The minimum absolute atomic E-state index is 0.297. The van der Waals surface area contributed by atoms with Gasteiger partial charge in [0.25, 0.3) is 0 Å². The van der Waals surface area contributed by atoms with Crippen molar-refractivity contribution in [1.29, 1.82) is 0 Å². The summed E-state index contributed by atoms with van der Waals surface area (Å²) in [6, 6.07) is 8.64. The van der Waals surface area contributed by atoms with E-state index in [4.69, 9.17) is 5.11 Å². The minimum Gasteiger partial charge on any atom is -0.392 e. The zero-order chi connectivity index (χ0) is 16.9. The number of nitrogens with one attached hydrogen (secondary N) is 1. The summed E-state index contributed by atoms with van der Waals surface area (Å²) < 4.78 is 15.2. The highest BCUT2D eigenvalue weighted by molar-refractivity contribution is 5.61. The molecule has 5 nitrogen and oxygen atoms in total. The Hall–Kier alpha value is -2.57. The van der Waals surface area contributed by atoms with E-state index in [0.717, 1.165) is 22.4 Å². The number of aromatic nitrogens is 3. The van der Waals surface area contributed by atoms with Crippen LogP contribution in [0.15, 0.2) is 48.9 Å². The topological polar surface area (TPSA) is 63.0 Å². The lowest BCUT2D eigenvalue weighted by atomic mass is 10.1. The lowest BCUT2D eigenvalue weighted by Gasteiger charge is -2.07. The van der Waals surface area contributed by atoms with Crippen LogP contribution in [0.3, 0.4) is 0 Å². The maximum absolute atomic E-state index is 13.4. The van der Waals surface area contributed by atoms with Gasteiger partial charge in [-0.1, -0.05) is 6.07 Å². The van der Waals surface area contributed by atoms with Crippen LogP contribution >= 0.6 is 0 Å². The highest BCUT2D eigenvalue weighted by Crippen LogP contribution is 2.21. The number of benzene rings is 1. The summed E-state index contributed by atoms with van der Waals surface area (Å²) in [6.07, 6.45) is 5.47. The number of nitrogens with zero attached hydrogens (tertiary/aromatic N) is 3. The van der Waals surface area contributed by atoms with Crippen molar-refractivity contribution in [2.75, 3.05) is 0 Å². The first-order valence-corrected chi connectivity index (χ1v) is 7.69. The van der Waals surface area contributed by atoms with Crippen LogP contribution in [0.25, 0.3) is 11.3 Å². The molecular formula is C18H19FN4O. The van der Waals surface area contributed by atoms with Crippen LogP contribution in [0.5, 0.6) is 0 Å². The van der Waals surface area contributed by atoms with Gasteiger partial charge in [0.05, 0.1) is 12.3 Å². The van der Waals surface area contributed by atoms with Gasteiger partial charge in [-0.15, -0.1) is 0 Å². The molecule has 0 unspecified atom stereocenters. The lowest BCUT2D eigenvalue weighted by Crippen LogP contribution is -2.13. The first kappa shape index (κ1) is 16.3. The molecule has 0 atom stereocenters. The summed E-state index contributed by atoms with van der Waals surface area (Å²) in [6.45, 7) is 0.920. The van der Waals surface area contributed by atoms with Crippen LogP contribution in [0, 0.1) is 5.82 Å². The third-order valence-electron chi connectivity index (χ3n) is 3.78. The van der Waals surface area contributed by atoms with Crippen molar-refractivity contribution in [2.45, 2.75) is 19.7 Å². The molecule has 24 heavy (non-hydrogen) atoms. The lowest BCUT2D eigenvalue weighted by molar-refractivity contribution is 0.275. The number of rotatable bonds is 6. The Balaban J connectivity index is 1.69. The largest absolute Gasteiger partial charge is 0.392 e. The van der Waals surface area contributed by atoms with Gasteiger partial charge in [-0.2, -0.15) is 5.10 Å². The maximum atomic E-state index is 13.4. The average molecular weight is 326 g/mol. The van der Waals surface area contributed by atoms with Gasteiger partial charge in [-0.3, -0.25) is 9.67 Å². The van der Waals surface area contributed by atoms with Crippen molar-refractivity contribution in [3.63, 3.8) is 0 Å². The molecule has 0 saturated heterocycles. The van der Waals surface area contributed by atoms with Gasteiger partial charge in [-0.05, 0) is 29.8 Å². The molecule has 2 heterocycles. The zero-order valence-corrected chi connectivity index (χ0v) is 13.4. The summed E-state index contributed by atoms with van der Waals surface area (Å²) in [7, 11) is 1.89. The zero-order valence-electron chi connectivity index (χ0n) is 13.4. The van der Waals surface area contributed by atoms with Crippen LogP contribution < -0.4 is 5.32 Å². The molecule has 3 aromatic rings. The summed E-state index contributed by atoms with van der Waals surface area (Å²) in [5, 5.41) is 17.0. The Labute approximate surface area is 139 Å². The van der Waals surface area contributed by atoms with Crippen LogP contribution in [0.1, 0.15) is 16.7 Å². The van der Waals surface area contributed by atoms with Crippen LogP contribution in [-0.4, -0.2) is 19.9 Å². The Bertz CT molecular complexity index is 817. The van der Waals surface area contributed by atoms with E-state index in [2.05, 4.69) is 15.4 Å². The molecular weight excluding hydrogens is 307 g/mol. The van der Waals surface area contributed by atoms with Crippen molar-refractivity contribution < 1.29 is 9.50 Å². The molecule has 2 N–H and O–H groups in total. The van der Waals surface area contributed by atoms with Gasteiger partial charge in [0.2, 0.25) is 0 Å². The smallest absolute Gasteiger partial charge is 0.128 e. The van der Waals surface area contributed by atoms with E-state index in [1.54, 1.807) is 29.2 Å². The summed E-state index contributed by atoms with van der Waals surface area (Å²) in [5.74, 6) is -0.381. The summed E-state index contributed by atoms with van der Waals surface area (Å²) >= 11 is 0. The quantitative estimate of drug-likeness (QED) is 0.730. The van der Waals surface area contributed by atoms with Crippen molar-refractivity contribution in [1.82, 2.24) is 20.1 Å². The molecule has 0 aliphatic carbocycles. The van der Waals surface area contributed by atoms with Gasteiger partial charge in [0.1, 0.15) is 5.82 Å². The first-order valence-electron chi connectivity index (χ1n) is 7.69. The molecule has 6 heteroatoms. The SMILES string of the molecule is Cn1cc(CNCc2ccc(F)c(CO)c2)c(-c2ccncc2)n1. The standard InChI is InChI=1S/C18H19FN4O/c1-23-11-16(18(22-23)14-4-6-20-7-5-14)10-21-9-13-2-3-17(19)15(8-13)12-24/h2-8,11,21,24H,9-10,12H2,1H3. The van der Waals surface area contributed by atoms with Crippen LogP contribution in [0.2, 0.25) is 0 Å². The average Bonchev–Trinajstić information content (AvgIpc) is 2.98. The van der Waals surface area contributed by atoms with E-state index in [1.165, 1.54) is 6.07 Å². The molecule has 0 bridgehead atoms. The highest BCUT2D eigenvalue weighted by atomic mass is 19.1. The Morgan fingerprint density at radius 1 is 1.12 bits per heavy atom. The predicted molar refractivity (Wildman–Crippen MR) is 89.3 cm³/mol. The molecule has 0 saturated carbocycles. The van der Waals surface area contributed by atoms with E-state index in [0.29, 0.717) is 18.7 Å². The number of aliphatic hydroxyl groups is 1. The molecule has 124 valence electrons. The molecule has 0 amide bonds. The summed E-state index contributed by atoms with van der Waals surface area (Å²) in [5.41, 5.74) is 4.26. The van der Waals surface area contributed by atoms with Gasteiger partial charge in [0, 0.05) is 55.4 Å². The number of aryl methyl sites for hydroxylation is 1. The van der Waals surface area contributed by atoms with Crippen molar-refractivity contribution in [2.24, 2.45) is 7.05 Å².